The number of fused-ring (bicyclic) bond motifs is 2. The molecule has 0 unspecified atom stereocenters. The summed E-state index contributed by atoms with van der Waals surface area (Å²) >= 11 is 0. The molecule has 4 atom stereocenters. The highest BCUT2D eigenvalue weighted by molar-refractivity contribution is 5.92. The summed E-state index contributed by atoms with van der Waals surface area (Å²) in [6.07, 6.45) is 12.5. The average Bonchev–Trinajstić information content (AvgIpc) is 3.08. The van der Waals surface area contributed by atoms with Gasteiger partial charge in [0, 0.05) is 0 Å². The molecule has 0 bridgehead atoms. The fourth-order valence-electron chi connectivity index (χ4n) is 5.64. The molecule has 0 aromatic heterocycles. The van der Waals surface area contributed by atoms with E-state index in [1.807, 2.05) is 18.2 Å². The van der Waals surface area contributed by atoms with Crippen molar-refractivity contribution in [1.82, 2.24) is 0 Å². The number of carbonyl (C=O) groups is 1. The molecule has 0 aliphatic heterocycles. The smallest absolute Gasteiger partial charge is 0.338 e. The quantitative estimate of drug-likeness (QED) is 0.773. The SMILES string of the molecule is COC(=O)c1cc(/C=C\[C@@H](O)C2CCCCC2)cc2c1C[C@H]1C[C@H](O)C[C@H]1C2. The lowest BCUT2D eigenvalue weighted by Gasteiger charge is -2.29. The Labute approximate surface area is 167 Å². The van der Waals surface area contributed by atoms with Crippen LogP contribution in [0.25, 0.3) is 6.08 Å². The Morgan fingerprint density at radius 3 is 2.57 bits per heavy atom. The van der Waals surface area contributed by atoms with E-state index < -0.39 is 6.10 Å². The molecule has 4 heteroatoms. The first-order chi connectivity index (χ1) is 13.5. The zero-order valence-corrected chi connectivity index (χ0v) is 16.8. The summed E-state index contributed by atoms with van der Waals surface area (Å²) in [5.41, 5.74) is 3.88. The van der Waals surface area contributed by atoms with Crippen molar-refractivity contribution in [1.29, 1.82) is 0 Å². The van der Waals surface area contributed by atoms with Crippen molar-refractivity contribution < 1.29 is 19.7 Å². The maximum absolute atomic E-state index is 12.4. The van der Waals surface area contributed by atoms with Crippen molar-refractivity contribution >= 4 is 12.0 Å². The minimum absolute atomic E-state index is 0.212. The number of aliphatic hydroxyl groups excluding tert-OH is 2. The molecule has 2 N–H and O–H groups in total. The molecule has 1 aromatic carbocycles. The first kappa shape index (κ1) is 19.7. The van der Waals surface area contributed by atoms with Crippen LogP contribution in [0.15, 0.2) is 18.2 Å². The summed E-state index contributed by atoms with van der Waals surface area (Å²) in [6.45, 7) is 0. The predicted molar refractivity (Wildman–Crippen MR) is 109 cm³/mol. The molecule has 28 heavy (non-hydrogen) atoms. The van der Waals surface area contributed by atoms with Crippen LogP contribution in [0.4, 0.5) is 0 Å². The van der Waals surface area contributed by atoms with Gasteiger partial charge in [-0.3, -0.25) is 0 Å². The number of methoxy groups -OCH3 is 1. The van der Waals surface area contributed by atoms with Gasteiger partial charge in [-0.25, -0.2) is 4.79 Å². The lowest BCUT2D eigenvalue weighted by molar-refractivity contribution is 0.0598. The van der Waals surface area contributed by atoms with Crippen LogP contribution >= 0.6 is 0 Å². The summed E-state index contributed by atoms with van der Waals surface area (Å²) in [5.74, 6) is 1.01. The summed E-state index contributed by atoms with van der Waals surface area (Å²) < 4.78 is 5.05. The van der Waals surface area contributed by atoms with Gasteiger partial charge in [-0.2, -0.15) is 0 Å². The molecule has 4 nitrogen and oxygen atoms in total. The van der Waals surface area contributed by atoms with Crippen molar-refractivity contribution in [2.24, 2.45) is 17.8 Å². The van der Waals surface area contributed by atoms with Gasteiger partial charge in [0.2, 0.25) is 0 Å². The molecule has 2 fully saturated rings. The van der Waals surface area contributed by atoms with Crippen LogP contribution in [0, 0.1) is 17.8 Å². The number of aliphatic hydroxyl groups is 2. The molecule has 0 amide bonds. The normalized spacial score (nSPS) is 28.8. The number of rotatable bonds is 4. The Hall–Kier alpha value is -1.65. The number of hydrogen-bond acceptors (Lipinski definition) is 4. The maximum atomic E-state index is 12.4. The van der Waals surface area contributed by atoms with Gasteiger partial charge in [0.05, 0.1) is 24.9 Å². The zero-order valence-electron chi connectivity index (χ0n) is 16.8. The third-order valence-corrected chi connectivity index (χ3v) is 7.15. The van der Waals surface area contributed by atoms with E-state index in [2.05, 4.69) is 6.07 Å². The van der Waals surface area contributed by atoms with Gasteiger partial charge < -0.3 is 14.9 Å². The fourth-order valence-corrected chi connectivity index (χ4v) is 5.64. The van der Waals surface area contributed by atoms with Crippen LogP contribution < -0.4 is 0 Å². The second-order valence-electron chi connectivity index (χ2n) is 9.00. The molecule has 4 rings (SSSR count). The summed E-state index contributed by atoms with van der Waals surface area (Å²) in [7, 11) is 1.43. The van der Waals surface area contributed by atoms with Gasteiger partial charge in [0.25, 0.3) is 0 Å². The Morgan fingerprint density at radius 1 is 1.14 bits per heavy atom. The molecule has 152 valence electrons. The van der Waals surface area contributed by atoms with E-state index in [-0.39, 0.29) is 12.1 Å². The Morgan fingerprint density at radius 2 is 1.86 bits per heavy atom. The second kappa shape index (κ2) is 8.38. The van der Waals surface area contributed by atoms with Gasteiger partial charge in [0.1, 0.15) is 0 Å². The molecule has 0 radical (unpaired) electrons. The van der Waals surface area contributed by atoms with Crippen LogP contribution in [-0.4, -0.2) is 35.5 Å². The molecule has 0 saturated heterocycles. The Kier molecular flexibility index (Phi) is 5.88. The number of carbonyl (C=O) groups excluding carboxylic acids is 1. The third kappa shape index (κ3) is 4.04. The van der Waals surface area contributed by atoms with Crippen molar-refractivity contribution in [3.05, 3.63) is 40.5 Å². The molecule has 2 saturated carbocycles. The van der Waals surface area contributed by atoms with Crippen LogP contribution in [0.1, 0.15) is 72.0 Å². The van der Waals surface area contributed by atoms with E-state index >= 15 is 0 Å². The van der Waals surface area contributed by atoms with E-state index in [4.69, 9.17) is 4.74 Å². The first-order valence-corrected chi connectivity index (χ1v) is 10.8. The number of benzene rings is 1. The van der Waals surface area contributed by atoms with Crippen LogP contribution in [-0.2, 0) is 17.6 Å². The molecule has 1 aromatic rings. The predicted octanol–water partition coefficient (Wildman–Crippen LogP) is 3.91. The second-order valence-corrected chi connectivity index (χ2v) is 9.00. The number of ether oxygens (including phenoxy) is 1. The van der Waals surface area contributed by atoms with Gasteiger partial charge in [0.15, 0.2) is 0 Å². The minimum Gasteiger partial charge on any atom is -0.465 e. The van der Waals surface area contributed by atoms with Crippen LogP contribution in [0.2, 0.25) is 0 Å². The average molecular weight is 385 g/mol. The van der Waals surface area contributed by atoms with Crippen LogP contribution in [0.5, 0.6) is 0 Å². The molecule has 0 spiro atoms. The van der Waals surface area contributed by atoms with Gasteiger partial charge in [-0.1, -0.05) is 37.5 Å². The summed E-state index contributed by atoms with van der Waals surface area (Å²) in [5, 5.41) is 20.6. The Balaban J connectivity index is 1.59. The van der Waals surface area contributed by atoms with Gasteiger partial charge in [-0.15, -0.1) is 0 Å². The molecule has 3 aliphatic carbocycles. The van der Waals surface area contributed by atoms with Crippen molar-refractivity contribution in [3.63, 3.8) is 0 Å². The molecular formula is C24H32O4. The maximum Gasteiger partial charge on any atom is 0.338 e. The monoisotopic (exact) mass is 384 g/mol. The minimum atomic E-state index is -0.424. The largest absolute Gasteiger partial charge is 0.465 e. The Bertz CT molecular complexity index is 747. The molecule has 3 aliphatic rings. The lowest BCUT2D eigenvalue weighted by Crippen LogP contribution is -2.23. The summed E-state index contributed by atoms with van der Waals surface area (Å²) in [6, 6.07) is 4.06. The third-order valence-electron chi connectivity index (χ3n) is 7.15. The molecule has 0 heterocycles. The highest BCUT2D eigenvalue weighted by Gasteiger charge is 2.38. The van der Waals surface area contributed by atoms with E-state index in [9.17, 15) is 15.0 Å². The van der Waals surface area contributed by atoms with E-state index in [1.165, 1.54) is 31.9 Å². The van der Waals surface area contributed by atoms with E-state index in [0.717, 1.165) is 49.7 Å². The standard InChI is InChI=1S/C24H32O4/c1-28-24(27)22-10-15(7-8-23(26)16-5-3-2-4-6-16)9-19-11-17-12-20(25)13-18(17)14-21(19)22/h7-10,16-18,20,23,25-26H,2-6,11-14H2,1H3/b8-7-/t17-,18-,20-,23-/m1/s1. The highest BCUT2D eigenvalue weighted by atomic mass is 16.5. The van der Waals surface area contributed by atoms with Crippen molar-refractivity contribution in [2.45, 2.75) is 70.0 Å². The van der Waals surface area contributed by atoms with Crippen LogP contribution in [0.3, 0.4) is 0 Å². The molecular weight excluding hydrogens is 352 g/mol. The summed E-state index contributed by atoms with van der Waals surface area (Å²) in [4.78, 5) is 12.4. The van der Waals surface area contributed by atoms with Gasteiger partial charge >= 0.3 is 5.97 Å². The lowest BCUT2D eigenvalue weighted by atomic mass is 9.75. The zero-order chi connectivity index (χ0) is 19.7. The fraction of sp³-hybridized carbons (Fsp3) is 0.625. The van der Waals surface area contributed by atoms with Crippen molar-refractivity contribution in [3.8, 4) is 0 Å². The van der Waals surface area contributed by atoms with Gasteiger partial charge in [-0.05, 0) is 79.0 Å². The van der Waals surface area contributed by atoms with E-state index in [0.29, 0.717) is 23.3 Å². The number of hydrogen-bond donors (Lipinski definition) is 2. The van der Waals surface area contributed by atoms with E-state index in [1.54, 1.807) is 0 Å². The van der Waals surface area contributed by atoms with Crippen molar-refractivity contribution in [2.75, 3.05) is 7.11 Å². The number of esters is 1. The topological polar surface area (TPSA) is 66.8 Å². The highest BCUT2D eigenvalue weighted by Crippen LogP contribution is 2.43. The first-order valence-electron chi connectivity index (χ1n) is 10.8.